The summed E-state index contributed by atoms with van der Waals surface area (Å²) in [6.45, 7) is 6.32. The van der Waals surface area contributed by atoms with Crippen molar-refractivity contribution < 1.29 is 9.53 Å². The Morgan fingerprint density at radius 1 is 1.20 bits per heavy atom. The third kappa shape index (κ3) is 4.71. The molecule has 0 spiro atoms. The minimum atomic E-state index is 0.0527. The fourth-order valence-corrected chi connectivity index (χ4v) is 4.93. The van der Waals surface area contributed by atoms with Crippen LogP contribution in [0.15, 0.2) is 47.4 Å². The highest BCUT2D eigenvalue weighted by Gasteiger charge is 2.26. The van der Waals surface area contributed by atoms with E-state index in [1.165, 1.54) is 0 Å². The highest BCUT2D eigenvalue weighted by atomic mass is 16.5. The van der Waals surface area contributed by atoms with Crippen molar-refractivity contribution in [1.29, 1.82) is 0 Å². The average molecular weight is 473 g/mol. The molecule has 0 saturated carbocycles. The number of hydrogen-bond donors (Lipinski definition) is 1. The smallest absolute Gasteiger partial charge is 0.219 e. The third-order valence-electron chi connectivity index (χ3n) is 7.03. The van der Waals surface area contributed by atoms with E-state index in [4.69, 9.17) is 20.4 Å². The maximum absolute atomic E-state index is 12.2. The number of pyridine rings is 1. The standard InChI is InChI=1S/C27H32N6O2/c1-17-4-5-21(23-14-29-26(12-22(17)23)19-13-30-32(3)15-19)27(28)24-16-33(18(2)34)9-6-25(24)31-20-7-10-35-11-8-20/h4-5,12-15,20H,6-11,16,28H2,1-3H3/b27-24-,31-25?. The molecule has 0 unspecified atom stereocenters. The topological polar surface area (TPSA) is 98.6 Å². The van der Waals surface area contributed by atoms with Gasteiger partial charge >= 0.3 is 0 Å². The van der Waals surface area contributed by atoms with Gasteiger partial charge in [-0.25, -0.2) is 0 Å². The maximum atomic E-state index is 12.2. The number of carbonyl (C=O) groups excluding carboxylic acids is 1. The van der Waals surface area contributed by atoms with Gasteiger partial charge in [-0.1, -0.05) is 12.1 Å². The lowest BCUT2D eigenvalue weighted by Gasteiger charge is -2.31. The third-order valence-corrected chi connectivity index (χ3v) is 7.03. The summed E-state index contributed by atoms with van der Waals surface area (Å²) >= 11 is 0. The molecular weight excluding hydrogens is 440 g/mol. The van der Waals surface area contributed by atoms with Crippen molar-refractivity contribution in [1.82, 2.24) is 19.7 Å². The quantitative estimate of drug-likeness (QED) is 0.629. The Morgan fingerprint density at radius 2 is 2.00 bits per heavy atom. The van der Waals surface area contributed by atoms with E-state index in [9.17, 15) is 4.79 Å². The predicted molar refractivity (Wildman–Crippen MR) is 138 cm³/mol. The number of aliphatic imine (C=N–C) groups is 1. The number of amides is 1. The monoisotopic (exact) mass is 472 g/mol. The summed E-state index contributed by atoms with van der Waals surface area (Å²) in [6.07, 6.45) is 8.22. The number of nitrogens with two attached hydrogens (primary N) is 1. The van der Waals surface area contributed by atoms with Crippen molar-refractivity contribution in [2.75, 3.05) is 26.3 Å². The Balaban J connectivity index is 1.61. The van der Waals surface area contributed by atoms with Crippen molar-refractivity contribution in [3.8, 4) is 11.3 Å². The van der Waals surface area contributed by atoms with E-state index in [-0.39, 0.29) is 11.9 Å². The summed E-state index contributed by atoms with van der Waals surface area (Å²) in [5, 5.41) is 6.37. The first-order chi connectivity index (χ1) is 16.9. The summed E-state index contributed by atoms with van der Waals surface area (Å²) in [7, 11) is 1.90. The minimum absolute atomic E-state index is 0.0527. The number of piperidine rings is 1. The van der Waals surface area contributed by atoms with E-state index >= 15 is 0 Å². The molecule has 0 aliphatic carbocycles. The molecule has 0 atom stereocenters. The van der Waals surface area contributed by atoms with Crippen molar-refractivity contribution in [3.63, 3.8) is 0 Å². The zero-order valence-corrected chi connectivity index (χ0v) is 20.6. The second-order valence-electron chi connectivity index (χ2n) is 9.45. The van der Waals surface area contributed by atoms with Crippen LogP contribution in [0, 0.1) is 6.92 Å². The normalized spacial score (nSPS) is 20.0. The van der Waals surface area contributed by atoms with Gasteiger partial charge in [0, 0.05) is 92.6 Å². The van der Waals surface area contributed by atoms with Crippen LogP contribution >= 0.6 is 0 Å². The second kappa shape index (κ2) is 9.62. The van der Waals surface area contributed by atoms with Gasteiger partial charge in [-0.3, -0.25) is 19.5 Å². The highest BCUT2D eigenvalue weighted by molar-refractivity contribution is 6.10. The SMILES string of the molecule is CC(=O)N1CCC(=NC2CCOCC2)/C(=C(\N)c2ccc(C)c3cc(-c4cnn(C)c4)ncc23)C1. The Hall–Kier alpha value is -3.52. The number of nitrogens with zero attached hydrogens (tertiary/aromatic N) is 5. The van der Waals surface area contributed by atoms with Crippen LogP contribution in [-0.2, 0) is 16.6 Å². The molecule has 182 valence electrons. The Bertz CT molecular complexity index is 1330. The number of aromatic nitrogens is 3. The number of benzene rings is 1. The summed E-state index contributed by atoms with van der Waals surface area (Å²) in [5.74, 6) is 0.0527. The van der Waals surface area contributed by atoms with Crippen LogP contribution in [0.25, 0.3) is 27.7 Å². The zero-order chi connectivity index (χ0) is 24.5. The van der Waals surface area contributed by atoms with Crippen LogP contribution in [-0.4, -0.2) is 63.6 Å². The van der Waals surface area contributed by atoms with Gasteiger partial charge in [-0.2, -0.15) is 5.10 Å². The first-order valence-electron chi connectivity index (χ1n) is 12.2. The number of ether oxygens (including phenoxy) is 1. The number of carbonyl (C=O) groups is 1. The van der Waals surface area contributed by atoms with Crippen LogP contribution in [0.5, 0.6) is 0 Å². The fourth-order valence-electron chi connectivity index (χ4n) is 4.93. The molecule has 2 aliphatic heterocycles. The molecule has 2 saturated heterocycles. The highest BCUT2D eigenvalue weighted by Crippen LogP contribution is 2.31. The molecule has 5 rings (SSSR count). The van der Waals surface area contributed by atoms with Crippen LogP contribution in [0.4, 0.5) is 0 Å². The van der Waals surface area contributed by atoms with E-state index in [1.54, 1.807) is 11.6 Å². The summed E-state index contributed by atoms with van der Waals surface area (Å²) in [4.78, 5) is 23.9. The molecule has 0 radical (unpaired) electrons. The fraction of sp³-hybridized carbons (Fsp3) is 0.407. The predicted octanol–water partition coefficient (Wildman–Crippen LogP) is 3.49. The van der Waals surface area contributed by atoms with Gasteiger partial charge in [-0.15, -0.1) is 0 Å². The number of likely N-dealkylation sites (tertiary alicyclic amines) is 1. The van der Waals surface area contributed by atoms with Gasteiger partial charge in [0.25, 0.3) is 0 Å². The average Bonchev–Trinajstić information content (AvgIpc) is 3.31. The van der Waals surface area contributed by atoms with E-state index in [2.05, 4.69) is 30.2 Å². The van der Waals surface area contributed by atoms with Crippen LogP contribution in [0.3, 0.4) is 0 Å². The molecule has 35 heavy (non-hydrogen) atoms. The first kappa shape index (κ1) is 23.2. The number of rotatable bonds is 3. The lowest BCUT2D eigenvalue weighted by Crippen LogP contribution is -2.40. The summed E-state index contributed by atoms with van der Waals surface area (Å²) < 4.78 is 7.29. The largest absolute Gasteiger partial charge is 0.398 e. The first-order valence-corrected chi connectivity index (χ1v) is 12.2. The Kier molecular flexibility index (Phi) is 6.38. The molecule has 2 fully saturated rings. The Morgan fingerprint density at radius 3 is 2.71 bits per heavy atom. The van der Waals surface area contributed by atoms with E-state index in [1.807, 2.05) is 30.5 Å². The number of aryl methyl sites for hydroxylation is 2. The number of hydrogen-bond acceptors (Lipinski definition) is 6. The van der Waals surface area contributed by atoms with Gasteiger partial charge in [0.05, 0.1) is 17.9 Å². The summed E-state index contributed by atoms with van der Waals surface area (Å²) in [5.41, 5.74) is 13.4. The number of fused-ring (bicyclic) bond motifs is 1. The maximum Gasteiger partial charge on any atom is 0.219 e. The lowest BCUT2D eigenvalue weighted by molar-refractivity contribution is -0.128. The van der Waals surface area contributed by atoms with Crippen molar-refractivity contribution >= 4 is 28.1 Å². The van der Waals surface area contributed by atoms with E-state index in [0.29, 0.717) is 25.2 Å². The van der Waals surface area contributed by atoms with Crippen molar-refractivity contribution in [3.05, 3.63) is 53.5 Å². The second-order valence-corrected chi connectivity index (χ2v) is 9.45. The van der Waals surface area contributed by atoms with Gasteiger partial charge in [0.1, 0.15) is 0 Å². The minimum Gasteiger partial charge on any atom is -0.398 e. The van der Waals surface area contributed by atoms with Gasteiger partial charge in [-0.05, 0) is 36.8 Å². The van der Waals surface area contributed by atoms with Crippen molar-refractivity contribution in [2.24, 2.45) is 17.8 Å². The van der Waals surface area contributed by atoms with Crippen LogP contribution in [0.2, 0.25) is 0 Å². The lowest BCUT2D eigenvalue weighted by atomic mass is 9.92. The molecular formula is C27H32N6O2. The zero-order valence-electron chi connectivity index (χ0n) is 20.6. The molecule has 4 heterocycles. The van der Waals surface area contributed by atoms with E-state index < -0.39 is 0 Å². The summed E-state index contributed by atoms with van der Waals surface area (Å²) in [6, 6.07) is 6.50. The molecule has 8 nitrogen and oxygen atoms in total. The Labute approximate surface area is 205 Å². The van der Waals surface area contributed by atoms with E-state index in [0.717, 1.165) is 70.5 Å². The molecule has 0 bridgehead atoms. The van der Waals surface area contributed by atoms with Crippen molar-refractivity contribution in [2.45, 2.75) is 39.2 Å². The van der Waals surface area contributed by atoms with Crippen LogP contribution < -0.4 is 5.73 Å². The molecule has 2 N–H and O–H groups in total. The molecule has 1 aromatic carbocycles. The molecule has 3 aromatic rings. The molecule has 2 aromatic heterocycles. The molecule has 8 heteroatoms. The van der Waals surface area contributed by atoms with Crippen LogP contribution in [0.1, 0.15) is 37.3 Å². The van der Waals surface area contributed by atoms with Gasteiger partial charge in [0.15, 0.2) is 0 Å². The molecule has 2 aliphatic rings. The molecule has 1 amide bonds. The van der Waals surface area contributed by atoms with Gasteiger partial charge < -0.3 is 15.4 Å². The van der Waals surface area contributed by atoms with Gasteiger partial charge in [0.2, 0.25) is 5.91 Å².